The highest BCUT2D eigenvalue weighted by atomic mass is 16.5. The SMILES string of the molecule is CC(=O)N1CCC(n2cc(-c3cnc(N)c(-c4nc(-c5ccccc5)no4)c3)cn2)CC1. The number of carbonyl (C=O) groups excluding carboxylic acids is 1. The number of pyridine rings is 1. The lowest BCUT2D eigenvalue weighted by molar-refractivity contribution is -0.130. The van der Waals surface area contributed by atoms with Crippen LogP contribution in [0.3, 0.4) is 0 Å². The number of hydrogen-bond donors (Lipinski definition) is 1. The van der Waals surface area contributed by atoms with Crippen molar-refractivity contribution in [2.24, 2.45) is 0 Å². The van der Waals surface area contributed by atoms with E-state index in [-0.39, 0.29) is 11.9 Å². The Balaban J connectivity index is 1.38. The lowest BCUT2D eigenvalue weighted by Crippen LogP contribution is -2.37. The monoisotopic (exact) mass is 429 g/mol. The van der Waals surface area contributed by atoms with Gasteiger partial charge in [-0.3, -0.25) is 9.48 Å². The predicted octanol–water partition coefficient (Wildman–Crippen LogP) is 3.43. The third kappa shape index (κ3) is 3.84. The van der Waals surface area contributed by atoms with Crippen molar-refractivity contribution in [3.63, 3.8) is 0 Å². The molecule has 1 aromatic carbocycles. The third-order valence-electron chi connectivity index (χ3n) is 5.83. The fourth-order valence-electron chi connectivity index (χ4n) is 3.97. The average molecular weight is 429 g/mol. The second-order valence-corrected chi connectivity index (χ2v) is 7.89. The summed E-state index contributed by atoms with van der Waals surface area (Å²) in [6.45, 7) is 3.12. The van der Waals surface area contributed by atoms with Crippen molar-refractivity contribution in [1.82, 2.24) is 29.8 Å². The lowest BCUT2D eigenvalue weighted by Gasteiger charge is -2.31. The standard InChI is InChI=1S/C23H23N7O2/c1-15(31)29-9-7-19(8-10-29)30-14-18(13-26-30)17-11-20(21(24)25-12-17)23-27-22(28-32-23)16-5-3-2-4-6-16/h2-6,11-14,19H,7-10H2,1H3,(H2,24,25). The molecule has 0 atom stereocenters. The van der Waals surface area contributed by atoms with Crippen molar-refractivity contribution >= 4 is 11.7 Å². The molecule has 162 valence electrons. The zero-order chi connectivity index (χ0) is 22.1. The van der Waals surface area contributed by atoms with E-state index in [0.29, 0.717) is 23.1 Å². The van der Waals surface area contributed by atoms with Crippen molar-refractivity contribution in [3.05, 3.63) is 55.0 Å². The van der Waals surface area contributed by atoms with Crippen LogP contribution in [0, 0.1) is 0 Å². The van der Waals surface area contributed by atoms with Gasteiger partial charge in [-0.05, 0) is 18.9 Å². The van der Waals surface area contributed by atoms with Crippen LogP contribution in [0.15, 0.2) is 59.5 Å². The van der Waals surface area contributed by atoms with Crippen LogP contribution in [-0.2, 0) is 4.79 Å². The van der Waals surface area contributed by atoms with E-state index in [1.165, 1.54) is 0 Å². The van der Waals surface area contributed by atoms with Gasteiger partial charge in [0.15, 0.2) is 0 Å². The Morgan fingerprint density at radius 3 is 2.62 bits per heavy atom. The molecule has 32 heavy (non-hydrogen) atoms. The molecule has 3 aromatic heterocycles. The van der Waals surface area contributed by atoms with Crippen molar-refractivity contribution in [1.29, 1.82) is 0 Å². The number of hydrogen-bond acceptors (Lipinski definition) is 7. The van der Waals surface area contributed by atoms with E-state index in [2.05, 4.69) is 20.2 Å². The van der Waals surface area contributed by atoms with E-state index in [1.54, 1.807) is 13.1 Å². The molecule has 0 saturated carbocycles. The first-order valence-electron chi connectivity index (χ1n) is 10.5. The van der Waals surface area contributed by atoms with Crippen LogP contribution in [-0.4, -0.2) is 48.8 Å². The number of nitrogens with two attached hydrogens (primary N) is 1. The van der Waals surface area contributed by atoms with Crippen LogP contribution in [0.25, 0.3) is 34.0 Å². The summed E-state index contributed by atoms with van der Waals surface area (Å²) in [4.78, 5) is 22.3. The number of benzene rings is 1. The maximum atomic E-state index is 11.6. The number of anilines is 1. The minimum Gasteiger partial charge on any atom is -0.383 e. The van der Waals surface area contributed by atoms with E-state index in [4.69, 9.17) is 10.3 Å². The molecule has 1 saturated heterocycles. The van der Waals surface area contributed by atoms with Gasteiger partial charge in [-0.25, -0.2) is 4.98 Å². The number of piperidine rings is 1. The molecule has 0 unspecified atom stereocenters. The summed E-state index contributed by atoms with van der Waals surface area (Å²) < 4.78 is 7.45. The molecule has 4 aromatic rings. The quantitative estimate of drug-likeness (QED) is 0.528. The van der Waals surface area contributed by atoms with Gasteiger partial charge in [-0.15, -0.1) is 0 Å². The normalized spacial score (nSPS) is 14.6. The first kappa shape index (κ1) is 19.9. The summed E-state index contributed by atoms with van der Waals surface area (Å²) in [7, 11) is 0. The predicted molar refractivity (Wildman–Crippen MR) is 119 cm³/mol. The molecule has 1 aliphatic rings. The van der Waals surface area contributed by atoms with Gasteiger partial charge >= 0.3 is 0 Å². The average Bonchev–Trinajstić information content (AvgIpc) is 3.51. The Hall–Kier alpha value is -4.01. The number of nitrogen functional groups attached to an aromatic ring is 1. The van der Waals surface area contributed by atoms with Gasteiger partial charge in [0, 0.05) is 49.1 Å². The molecule has 1 aliphatic heterocycles. The highest BCUT2D eigenvalue weighted by molar-refractivity contribution is 5.75. The van der Waals surface area contributed by atoms with Crippen molar-refractivity contribution < 1.29 is 9.32 Å². The van der Waals surface area contributed by atoms with Gasteiger partial charge in [-0.1, -0.05) is 35.5 Å². The number of rotatable bonds is 4. The fraction of sp³-hybridized carbons (Fsp3) is 0.261. The highest BCUT2D eigenvalue weighted by Crippen LogP contribution is 2.31. The molecule has 9 heteroatoms. The summed E-state index contributed by atoms with van der Waals surface area (Å²) in [5.41, 5.74) is 9.35. The van der Waals surface area contributed by atoms with Crippen molar-refractivity contribution in [2.45, 2.75) is 25.8 Å². The molecule has 5 rings (SSSR count). The summed E-state index contributed by atoms with van der Waals surface area (Å²) >= 11 is 0. The maximum absolute atomic E-state index is 11.6. The second kappa shape index (κ2) is 8.26. The topological polar surface area (TPSA) is 116 Å². The lowest BCUT2D eigenvalue weighted by atomic mass is 10.1. The molecule has 0 aliphatic carbocycles. The first-order chi connectivity index (χ1) is 15.6. The van der Waals surface area contributed by atoms with Crippen LogP contribution in [0.1, 0.15) is 25.8 Å². The molecule has 2 N–H and O–H groups in total. The molecule has 0 bridgehead atoms. The Morgan fingerprint density at radius 1 is 1.09 bits per heavy atom. The third-order valence-corrected chi connectivity index (χ3v) is 5.83. The van der Waals surface area contributed by atoms with Crippen molar-refractivity contribution in [3.8, 4) is 34.0 Å². The Morgan fingerprint density at radius 2 is 1.88 bits per heavy atom. The van der Waals surface area contributed by atoms with E-state index >= 15 is 0 Å². The Bertz CT molecular complexity index is 1240. The minimum atomic E-state index is 0.126. The van der Waals surface area contributed by atoms with Gasteiger partial charge in [0.1, 0.15) is 5.82 Å². The maximum Gasteiger partial charge on any atom is 0.262 e. The molecule has 0 spiro atoms. The Labute approximate surface area is 184 Å². The minimum absolute atomic E-state index is 0.126. The van der Waals surface area contributed by atoms with Crippen LogP contribution in [0.4, 0.5) is 5.82 Å². The van der Waals surface area contributed by atoms with E-state index < -0.39 is 0 Å². The number of carbonyl (C=O) groups is 1. The molecule has 9 nitrogen and oxygen atoms in total. The summed E-state index contributed by atoms with van der Waals surface area (Å²) in [6.07, 6.45) is 7.31. The number of amides is 1. The largest absolute Gasteiger partial charge is 0.383 e. The van der Waals surface area contributed by atoms with Crippen LogP contribution in [0.2, 0.25) is 0 Å². The first-order valence-corrected chi connectivity index (χ1v) is 10.5. The van der Waals surface area contributed by atoms with Gasteiger partial charge in [0.25, 0.3) is 5.89 Å². The van der Waals surface area contributed by atoms with Crippen molar-refractivity contribution in [2.75, 3.05) is 18.8 Å². The molecule has 1 amide bonds. The number of likely N-dealkylation sites (tertiary alicyclic amines) is 1. The summed E-state index contributed by atoms with van der Waals surface area (Å²) in [6, 6.07) is 11.8. The number of nitrogens with zero attached hydrogens (tertiary/aromatic N) is 6. The Kier molecular flexibility index (Phi) is 5.14. The van der Waals surface area contributed by atoms with E-state index in [0.717, 1.165) is 42.6 Å². The molecular weight excluding hydrogens is 406 g/mol. The van der Waals surface area contributed by atoms with Gasteiger partial charge in [0.05, 0.1) is 17.8 Å². The van der Waals surface area contributed by atoms with E-state index in [9.17, 15) is 4.79 Å². The van der Waals surface area contributed by atoms with E-state index in [1.807, 2.05) is 58.4 Å². The number of aromatic nitrogens is 5. The van der Waals surface area contributed by atoms with Gasteiger partial charge in [0.2, 0.25) is 11.7 Å². The van der Waals surface area contributed by atoms with Crippen LogP contribution >= 0.6 is 0 Å². The fourth-order valence-corrected chi connectivity index (χ4v) is 3.97. The molecule has 4 heterocycles. The van der Waals surface area contributed by atoms with Gasteiger partial charge in [-0.2, -0.15) is 10.1 Å². The van der Waals surface area contributed by atoms with Crippen LogP contribution < -0.4 is 5.73 Å². The second-order valence-electron chi connectivity index (χ2n) is 7.89. The molecule has 1 fully saturated rings. The van der Waals surface area contributed by atoms with Crippen LogP contribution in [0.5, 0.6) is 0 Å². The van der Waals surface area contributed by atoms with Gasteiger partial charge < -0.3 is 15.2 Å². The smallest absolute Gasteiger partial charge is 0.262 e. The molecule has 0 radical (unpaired) electrons. The summed E-state index contributed by atoms with van der Waals surface area (Å²) in [5.74, 6) is 1.26. The zero-order valence-corrected chi connectivity index (χ0v) is 17.7. The zero-order valence-electron chi connectivity index (χ0n) is 17.7. The molecular formula is C23H23N7O2. The highest BCUT2D eigenvalue weighted by Gasteiger charge is 2.23. The summed E-state index contributed by atoms with van der Waals surface area (Å²) in [5, 5.41) is 8.63.